The third-order valence-electron chi connectivity index (χ3n) is 4.36. The molecule has 0 unspecified atom stereocenters. The molecule has 2 aromatic rings. The second-order valence-electron chi connectivity index (χ2n) is 7.07. The van der Waals surface area contributed by atoms with E-state index in [4.69, 9.17) is 9.47 Å². The standard InChI is InChI=1S/C23H28N2O5S/c1-18(2)23(26)30-16-8-6-4-3-5-7-15-29-20-11-9-19(10-12-20)24-17-21-13-14-22(31-21)25(27)28/h9-14,17H,1,3-8,15-16H2,2H3. The van der Waals surface area contributed by atoms with Crippen LogP contribution in [0.5, 0.6) is 5.75 Å². The molecule has 0 aliphatic heterocycles. The summed E-state index contributed by atoms with van der Waals surface area (Å²) in [6, 6.07) is 10.6. The average Bonchev–Trinajstić information content (AvgIpc) is 3.23. The first-order valence-electron chi connectivity index (χ1n) is 10.3. The first-order valence-corrected chi connectivity index (χ1v) is 11.1. The number of aliphatic imine (C=N–C) groups is 1. The van der Waals surface area contributed by atoms with Crippen LogP contribution in [0, 0.1) is 10.1 Å². The largest absolute Gasteiger partial charge is 0.494 e. The smallest absolute Gasteiger partial charge is 0.333 e. The molecule has 31 heavy (non-hydrogen) atoms. The van der Waals surface area contributed by atoms with Crippen molar-refractivity contribution >= 4 is 34.2 Å². The molecule has 0 aliphatic rings. The number of thiophene rings is 1. The lowest BCUT2D eigenvalue weighted by atomic mass is 10.1. The minimum absolute atomic E-state index is 0.106. The SMILES string of the molecule is C=C(C)C(=O)OCCCCCCCCOc1ccc(N=Cc2ccc([N+](=O)[O-])s2)cc1. The minimum Gasteiger partial charge on any atom is -0.494 e. The molecular formula is C23H28N2O5S. The average molecular weight is 445 g/mol. The predicted molar refractivity (Wildman–Crippen MR) is 124 cm³/mol. The van der Waals surface area contributed by atoms with Gasteiger partial charge in [0.05, 0.1) is 28.7 Å². The fraction of sp³-hybridized carbons (Fsp3) is 0.391. The fourth-order valence-electron chi connectivity index (χ4n) is 2.67. The Hall–Kier alpha value is -3.00. The summed E-state index contributed by atoms with van der Waals surface area (Å²) in [4.78, 5) is 26.6. The molecule has 0 saturated carbocycles. The van der Waals surface area contributed by atoms with Gasteiger partial charge >= 0.3 is 11.0 Å². The van der Waals surface area contributed by atoms with E-state index < -0.39 is 4.92 Å². The lowest BCUT2D eigenvalue weighted by Crippen LogP contribution is -2.06. The van der Waals surface area contributed by atoms with Crippen molar-refractivity contribution in [2.75, 3.05) is 13.2 Å². The maximum absolute atomic E-state index is 11.2. The van der Waals surface area contributed by atoms with E-state index in [0.717, 1.165) is 66.2 Å². The molecule has 0 N–H and O–H groups in total. The summed E-state index contributed by atoms with van der Waals surface area (Å²) in [5.41, 5.74) is 1.20. The van der Waals surface area contributed by atoms with Crippen LogP contribution in [-0.2, 0) is 9.53 Å². The van der Waals surface area contributed by atoms with Crippen molar-refractivity contribution < 1.29 is 19.2 Å². The van der Waals surface area contributed by atoms with Crippen molar-refractivity contribution in [2.45, 2.75) is 45.4 Å². The molecule has 0 fully saturated rings. The van der Waals surface area contributed by atoms with Crippen molar-refractivity contribution in [3.05, 3.63) is 63.5 Å². The number of unbranched alkanes of at least 4 members (excludes halogenated alkanes) is 5. The number of ether oxygens (including phenoxy) is 2. The Morgan fingerprint density at radius 3 is 2.32 bits per heavy atom. The Balaban J connectivity index is 1.55. The lowest BCUT2D eigenvalue weighted by Gasteiger charge is -2.07. The Bertz CT molecular complexity index is 890. The Labute approximate surface area is 186 Å². The van der Waals surface area contributed by atoms with Crippen LogP contribution in [0.1, 0.15) is 50.3 Å². The maximum atomic E-state index is 11.2. The molecule has 1 aromatic heterocycles. The van der Waals surface area contributed by atoms with Crippen LogP contribution in [0.15, 0.2) is 53.5 Å². The third-order valence-corrected chi connectivity index (χ3v) is 5.33. The summed E-state index contributed by atoms with van der Waals surface area (Å²) in [6.07, 6.45) is 7.89. The van der Waals surface area contributed by atoms with Crippen LogP contribution < -0.4 is 4.74 Å². The molecule has 0 spiro atoms. The summed E-state index contributed by atoms with van der Waals surface area (Å²) < 4.78 is 10.8. The highest BCUT2D eigenvalue weighted by Gasteiger charge is 2.08. The molecule has 0 saturated heterocycles. The molecule has 2 rings (SSSR count). The molecule has 0 amide bonds. The summed E-state index contributed by atoms with van der Waals surface area (Å²) in [5.74, 6) is 0.482. The highest BCUT2D eigenvalue weighted by atomic mass is 32.1. The number of nitrogens with zero attached hydrogens (tertiary/aromatic N) is 2. The van der Waals surface area contributed by atoms with Gasteiger partial charge in [-0.25, -0.2) is 4.79 Å². The minimum atomic E-state index is -0.404. The van der Waals surface area contributed by atoms with Gasteiger partial charge in [-0.1, -0.05) is 43.6 Å². The molecule has 0 bridgehead atoms. The van der Waals surface area contributed by atoms with Gasteiger partial charge in [-0.05, 0) is 50.1 Å². The van der Waals surface area contributed by atoms with Crippen molar-refractivity contribution in [2.24, 2.45) is 4.99 Å². The normalized spacial score (nSPS) is 10.9. The first-order chi connectivity index (χ1) is 15.0. The molecule has 0 radical (unpaired) electrons. The van der Waals surface area contributed by atoms with Crippen LogP contribution in [0.3, 0.4) is 0 Å². The summed E-state index contributed by atoms with van der Waals surface area (Å²) >= 11 is 1.09. The van der Waals surface area contributed by atoms with Crippen molar-refractivity contribution in [1.29, 1.82) is 0 Å². The van der Waals surface area contributed by atoms with Gasteiger partial charge < -0.3 is 9.47 Å². The number of benzene rings is 1. The molecule has 7 nitrogen and oxygen atoms in total. The van der Waals surface area contributed by atoms with Gasteiger partial charge in [0.2, 0.25) is 0 Å². The lowest BCUT2D eigenvalue weighted by molar-refractivity contribution is -0.380. The summed E-state index contributed by atoms with van der Waals surface area (Å²) in [7, 11) is 0. The van der Waals surface area contributed by atoms with E-state index >= 15 is 0 Å². The molecule has 0 atom stereocenters. The van der Waals surface area contributed by atoms with E-state index in [1.807, 2.05) is 24.3 Å². The highest BCUT2D eigenvalue weighted by Crippen LogP contribution is 2.24. The first kappa shape index (κ1) is 24.3. The molecule has 1 heterocycles. The Morgan fingerprint density at radius 2 is 1.71 bits per heavy atom. The summed E-state index contributed by atoms with van der Waals surface area (Å²) in [6.45, 7) is 6.33. The fourth-order valence-corrected chi connectivity index (χ4v) is 3.36. The van der Waals surface area contributed by atoms with Crippen molar-refractivity contribution in [1.82, 2.24) is 0 Å². The third kappa shape index (κ3) is 9.57. The van der Waals surface area contributed by atoms with Crippen molar-refractivity contribution in [3.63, 3.8) is 0 Å². The van der Waals surface area contributed by atoms with Gasteiger partial charge in [-0.15, -0.1) is 0 Å². The van der Waals surface area contributed by atoms with Gasteiger partial charge in [0.15, 0.2) is 0 Å². The molecule has 0 aliphatic carbocycles. The van der Waals surface area contributed by atoms with E-state index in [9.17, 15) is 14.9 Å². The van der Waals surface area contributed by atoms with E-state index in [1.165, 1.54) is 6.07 Å². The van der Waals surface area contributed by atoms with Gasteiger partial charge in [0.25, 0.3) is 0 Å². The summed E-state index contributed by atoms with van der Waals surface area (Å²) in [5, 5.41) is 10.8. The number of hydrogen-bond donors (Lipinski definition) is 0. The quantitative estimate of drug-likeness (QED) is 0.0858. The molecular weight excluding hydrogens is 416 g/mol. The number of hydrogen-bond acceptors (Lipinski definition) is 7. The Morgan fingerprint density at radius 1 is 1.06 bits per heavy atom. The van der Waals surface area contributed by atoms with E-state index in [0.29, 0.717) is 18.8 Å². The zero-order chi connectivity index (χ0) is 22.5. The van der Waals surface area contributed by atoms with Crippen molar-refractivity contribution in [3.8, 4) is 5.75 Å². The Kier molecular flexibility index (Phi) is 10.4. The van der Waals surface area contributed by atoms with Crippen LogP contribution in [0.4, 0.5) is 10.7 Å². The van der Waals surface area contributed by atoms with E-state index in [-0.39, 0.29) is 11.0 Å². The van der Waals surface area contributed by atoms with Crippen LogP contribution >= 0.6 is 11.3 Å². The van der Waals surface area contributed by atoms with Crippen LogP contribution in [0.2, 0.25) is 0 Å². The van der Waals surface area contributed by atoms with Gasteiger partial charge in [-0.3, -0.25) is 15.1 Å². The van der Waals surface area contributed by atoms with Crippen LogP contribution in [0.25, 0.3) is 0 Å². The second kappa shape index (κ2) is 13.3. The molecule has 166 valence electrons. The number of rotatable bonds is 14. The zero-order valence-corrected chi connectivity index (χ0v) is 18.6. The topological polar surface area (TPSA) is 91.0 Å². The van der Waals surface area contributed by atoms with Gasteiger partial charge in [0.1, 0.15) is 5.75 Å². The number of nitro groups is 1. The number of carbonyl (C=O) groups is 1. The molecule has 1 aromatic carbocycles. The van der Waals surface area contributed by atoms with Gasteiger partial charge in [0, 0.05) is 17.9 Å². The maximum Gasteiger partial charge on any atom is 0.333 e. The second-order valence-corrected chi connectivity index (χ2v) is 8.17. The highest BCUT2D eigenvalue weighted by molar-refractivity contribution is 7.16. The monoisotopic (exact) mass is 444 g/mol. The molecule has 8 heteroatoms. The van der Waals surface area contributed by atoms with E-state index in [1.54, 1.807) is 19.2 Å². The van der Waals surface area contributed by atoms with Crippen LogP contribution in [-0.4, -0.2) is 30.3 Å². The zero-order valence-electron chi connectivity index (χ0n) is 17.7. The number of carbonyl (C=O) groups excluding carboxylic acids is 1. The number of esters is 1. The van der Waals surface area contributed by atoms with E-state index in [2.05, 4.69) is 11.6 Å². The predicted octanol–water partition coefficient (Wildman–Crippen LogP) is 6.25. The van der Waals surface area contributed by atoms with Gasteiger partial charge in [-0.2, -0.15) is 0 Å².